The van der Waals surface area contributed by atoms with E-state index in [2.05, 4.69) is 34.6 Å². The first-order valence-corrected chi connectivity index (χ1v) is 9.45. The zero-order valence-corrected chi connectivity index (χ0v) is 14.9. The summed E-state index contributed by atoms with van der Waals surface area (Å²) in [4.78, 5) is 0. The lowest BCUT2D eigenvalue weighted by molar-refractivity contribution is 0.414. The molecule has 21 heavy (non-hydrogen) atoms. The molecule has 0 radical (unpaired) electrons. The second-order valence-electron chi connectivity index (χ2n) is 4.40. The van der Waals surface area contributed by atoms with Gasteiger partial charge in [-0.05, 0) is 31.0 Å². The number of thioether (sulfide) groups is 2. The number of hydrogen-bond donors (Lipinski definition) is 1. The lowest BCUT2D eigenvalue weighted by atomic mass is 10.0. The van der Waals surface area contributed by atoms with Crippen LogP contribution in [0.25, 0.3) is 0 Å². The third-order valence-corrected chi connectivity index (χ3v) is 6.26. The van der Waals surface area contributed by atoms with Crippen LogP contribution in [0.2, 0.25) is 0 Å². The second kappa shape index (κ2) is 8.03. The van der Waals surface area contributed by atoms with Gasteiger partial charge in [0.2, 0.25) is 0 Å². The summed E-state index contributed by atoms with van der Waals surface area (Å²) in [5.74, 6) is 0.877. The van der Waals surface area contributed by atoms with Gasteiger partial charge in [0.15, 0.2) is 8.68 Å². The first-order valence-electron chi connectivity index (χ1n) is 6.53. The Balaban J connectivity index is 2.07. The Bertz CT molecular complexity index is 559. The predicted molar refractivity (Wildman–Crippen MR) is 91.8 cm³/mol. The van der Waals surface area contributed by atoms with Gasteiger partial charge in [0.05, 0.1) is 7.11 Å². The van der Waals surface area contributed by atoms with Crippen molar-refractivity contribution in [3.05, 3.63) is 29.8 Å². The van der Waals surface area contributed by atoms with Gasteiger partial charge >= 0.3 is 0 Å². The molecule has 1 aromatic carbocycles. The largest absolute Gasteiger partial charge is 0.497 e. The highest BCUT2D eigenvalue weighted by molar-refractivity contribution is 8.03. The minimum absolute atomic E-state index is 0.252. The Morgan fingerprint density at radius 2 is 1.86 bits per heavy atom. The number of nitrogens with one attached hydrogen (secondary N) is 1. The van der Waals surface area contributed by atoms with Crippen LogP contribution in [-0.2, 0) is 0 Å². The lowest BCUT2D eigenvalue weighted by Gasteiger charge is -2.22. The first-order chi connectivity index (χ1) is 10.2. The highest BCUT2D eigenvalue weighted by Crippen LogP contribution is 2.35. The van der Waals surface area contributed by atoms with Crippen LogP contribution < -0.4 is 10.1 Å². The highest BCUT2D eigenvalue weighted by Gasteiger charge is 2.20. The van der Waals surface area contributed by atoms with Crippen LogP contribution in [0.5, 0.6) is 5.75 Å². The molecule has 1 aromatic heterocycles. The number of ether oxygens (including phenoxy) is 1. The summed E-state index contributed by atoms with van der Waals surface area (Å²) in [6, 6.07) is 8.44. The third kappa shape index (κ3) is 4.35. The molecule has 4 nitrogen and oxygen atoms in total. The summed E-state index contributed by atoms with van der Waals surface area (Å²) in [5.41, 5.74) is 1.24. The molecule has 2 unspecified atom stereocenters. The van der Waals surface area contributed by atoms with Crippen molar-refractivity contribution in [3.63, 3.8) is 0 Å². The van der Waals surface area contributed by atoms with Crippen molar-refractivity contribution in [1.82, 2.24) is 15.5 Å². The van der Waals surface area contributed by atoms with Crippen molar-refractivity contribution in [2.45, 2.75) is 26.9 Å². The normalized spacial score (nSPS) is 13.9. The molecule has 0 aliphatic carbocycles. The molecule has 114 valence electrons. The van der Waals surface area contributed by atoms with Gasteiger partial charge < -0.3 is 10.1 Å². The van der Waals surface area contributed by atoms with Crippen LogP contribution in [0.3, 0.4) is 0 Å². The molecular formula is C14H19N3OS3. The minimum Gasteiger partial charge on any atom is -0.497 e. The van der Waals surface area contributed by atoms with E-state index in [-0.39, 0.29) is 6.04 Å². The Morgan fingerprint density at radius 1 is 1.19 bits per heavy atom. The van der Waals surface area contributed by atoms with E-state index in [1.54, 1.807) is 42.0 Å². The van der Waals surface area contributed by atoms with Crippen molar-refractivity contribution in [2.24, 2.45) is 0 Å². The van der Waals surface area contributed by atoms with E-state index < -0.39 is 0 Å². The minimum atomic E-state index is 0.252. The third-order valence-electron chi connectivity index (χ3n) is 3.10. The molecule has 0 aliphatic rings. The fraction of sp³-hybridized carbons (Fsp3) is 0.429. The highest BCUT2D eigenvalue weighted by atomic mass is 32.2. The average molecular weight is 342 g/mol. The number of hydrogen-bond acceptors (Lipinski definition) is 7. The maximum absolute atomic E-state index is 5.21. The number of benzene rings is 1. The standard InChI is InChI=1S/C14H19N3OS3/c1-9(20-14-17-16-13(19-4)21-14)12(15-2)10-5-7-11(18-3)8-6-10/h5-9,12,15H,1-4H3. The summed E-state index contributed by atoms with van der Waals surface area (Å²) in [6.45, 7) is 2.20. The SMILES string of the molecule is CNC(c1ccc(OC)cc1)C(C)Sc1nnc(SC)s1. The maximum Gasteiger partial charge on any atom is 0.175 e. The molecule has 0 amide bonds. The Hall–Kier alpha value is -0.760. The van der Waals surface area contributed by atoms with E-state index in [1.807, 2.05) is 25.4 Å². The molecule has 1 N–H and O–H groups in total. The van der Waals surface area contributed by atoms with Crippen LogP contribution in [0, 0.1) is 0 Å². The number of methoxy groups -OCH3 is 1. The Kier molecular flexibility index (Phi) is 6.35. The van der Waals surface area contributed by atoms with Crippen molar-refractivity contribution in [1.29, 1.82) is 0 Å². The second-order valence-corrected chi connectivity index (χ2v) is 8.06. The fourth-order valence-corrected chi connectivity index (χ4v) is 4.92. The van der Waals surface area contributed by atoms with Gasteiger partial charge in [-0.25, -0.2) is 0 Å². The summed E-state index contributed by atoms with van der Waals surface area (Å²) in [7, 11) is 3.67. The van der Waals surface area contributed by atoms with Gasteiger partial charge in [-0.3, -0.25) is 0 Å². The molecule has 2 rings (SSSR count). The van der Waals surface area contributed by atoms with Gasteiger partial charge in [-0.1, -0.05) is 53.9 Å². The van der Waals surface area contributed by atoms with Crippen molar-refractivity contribution in [3.8, 4) is 5.75 Å². The molecule has 0 spiro atoms. The molecule has 2 aromatic rings. The van der Waals surface area contributed by atoms with Gasteiger partial charge in [0, 0.05) is 11.3 Å². The molecule has 1 heterocycles. The molecule has 0 saturated heterocycles. The summed E-state index contributed by atoms with van der Waals surface area (Å²) in [6.07, 6.45) is 2.02. The molecule has 7 heteroatoms. The average Bonchev–Trinajstić information content (AvgIpc) is 2.96. The van der Waals surface area contributed by atoms with Crippen molar-refractivity contribution >= 4 is 34.9 Å². The van der Waals surface area contributed by atoms with E-state index >= 15 is 0 Å². The van der Waals surface area contributed by atoms with Crippen molar-refractivity contribution in [2.75, 3.05) is 20.4 Å². The summed E-state index contributed by atoms with van der Waals surface area (Å²) < 4.78 is 7.23. The van der Waals surface area contributed by atoms with Gasteiger partial charge in [0.1, 0.15) is 5.75 Å². The van der Waals surface area contributed by atoms with E-state index in [4.69, 9.17) is 4.74 Å². The fourth-order valence-electron chi connectivity index (χ4n) is 2.04. The van der Waals surface area contributed by atoms with E-state index in [0.717, 1.165) is 14.4 Å². The van der Waals surface area contributed by atoms with Crippen LogP contribution in [0.15, 0.2) is 32.9 Å². The topological polar surface area (TPSA) is 47.0 Å². The molecule has 2 atom stereocenters. The van der Waals surface area contributed by atoms with Crippen LogP contribution >= 0.6 is 34.9 Å². The smallest absolute Gasteiger partial charge is 0.175 e. The first kappa shape index (κ1) is 16.6. The van der Waals surface area contributed by atoms with Crippen LogP contribution in [-0.4, -0.2) is 35.9 Å². The molecule has 0 saturated carbocycles. The zero-order chi connectivity index (χ0) is 15.2. The van der Waals surface area contributed by atoms with Crippen LogP contribution in [0.4, 0.5) is 0 Å². The number of rotatable bonds is 7. The summed E-state index contributed by atoms with van der Waals surface area (Å²) >= 11 is 5.03. The number of aromatic nitrogens is 2. The monoisotopic (exact) mass is 341 g/mol. The van der Waals surface area contributed by atoms with Crippen LogP contribution in [0.1, 0.15) is 18.5 Å². The van der Waals surface area contributed by atoms with E-state index in [1.165, 1.54) is 5.56 Å². The molecule has 0 aliphatic heterocycles. The molecule has 0 fully saturated rings. The summed E-state index contributed by atoms with van der Waals surface area (Å²) in [5, 5.41) is 12.1. The molecular weight excluding hydrogens is 322 g/mol. The Morgan fingerprint density at radius 3 is 2.38 bits per heavy atom. The van der Waals surface area contributed by atoms with Gasteiger partial charge in [0.25, 0.3) is 0 Å². The van der Waals surface area contributed by atoms with Crippen molar-refractivity contribution < 1.29 is 4.74 Å². The maximum atomic E-state index is 5.21. The predicted octanol–water partition coefficient (Wildman–Crippen LogP) is 3.71. The van der Waals surface area contributed by atoms with Gasteiger partial charge in [-0.15, -0.1) is 10.2 Å². The Labute approximate surface area is 138 Å². The number of nitrogens with zero attached hydrogens (tertiary/aromatic N) is 2. The van der Waals surface area contributed by atoms with Gasteiger partial charge in [-0.2, -0.15) is 0 Å². The zero-order valence-electron chi connectivity index (χ0n) is 12.5. The van der Waals surface area contributed by atoms with E-state index in [0.29, 0.717) is 5.25 Å². The molecule has 0 bridgehead atoms. The quantitative estimate of drug-likeness (QED) is 0.775. The van der Waals surface area contributed by atoms with E-state index in [9.17, 15) is 0 Å². The lowest BCUT2D eigenvalue weighted by Crippen LogP contribution is -2.25.